The van der Waals surface area contributed by atoms with E-state index in [1.165, 1.54) is 0 Å². The van der Waals surface area contributed by atoms with Crippen molar-refractivity contribution >= 4 is 35.1 Å². The van der Waals surface area contributed by atoms with E-state index in [9.17, 15) is 9.59 Å². The van der Waals surface area contributed by atoms with Gasteiger partial charge in [0.25, 0.3) is 11.8 Å². The molecular weight excluding hydrogens is 436 g/mol. The van der Waals surface area contributed by atoms with Crippen LogP contribution in [0.4, 0.5) is 11.4 Å². The Balaban J connectivity index is 1.44. The van der Waals surface area contributed by atoms with Crippen LogP contribution in [0.15, 0.2) is 114 Å². The summed E-state index contributed by atoms with van der Waals surface area (Å²) in [4.78, 5) is 36.6. The van der Waals surface area contributed by atoms with Crippen LogP contribution in [-0.4, -0.2) is 22.6 Å². The van der Waals surface area contributed by atoms with Gasteiger partial charge in [-0.25, -0.2) is 4.99 Å². The van der Waals surface area contributed by atoms with E-state index in [0.29, 0.717) is 28.5 Å². The molecule has 6 nitrogen and oxygen atoms in total. The topological polar surface area (TPSA) is 74.7 Å². The lowest BCUT2D eigenvalue weighted by molar-refractivity contribution is -0.113. The Morgan fingerprint density at radius 3 is 2.26 bits per heavy atom. The van der Waals surface area contributed by atoms with E-state index in [2.05, 4.69) is 15.3 Å². The first-order valence-corrected chi connectivity index (χ1v) is 11.2. The van der Waals surface area contributed by atoms with Crippen molar-refractivity contribution in [3.8, 4) is 0 Å². The second-order valence-corrected chi connectivity index (χ2v) is 8.09. The number of carbonyl (C=O) groups is 2. The van der Waals surface area contributed by atoms with Gasteiger partial charge in [0.2, 0.25) is 0 Å². The molecule has 0 atom stereocenters. The van der Waals surface area contributed by atoms with Crippen LogP contribution in [0.5, 0.6) is 0 Å². The fourth-order valence-electron chi connectivity index (χ4n) is 3.74. The zero-order valence-corrected chi connectivity index (χ0v) is 19.1. The lowest BCUT2D eigenvalue weighted by atomic mass is 10.1. The van der Waals surface area contributed by atoms with Crippen molar-refractivity contribution in [2.24, 2.45) is 4.99 Å². The number of aromatic nitrogens is 1. The Bertz CT molecular complexity index is 1430. The van der Waals surface area contributed by atoms with Gasteiger partial charge < -0.3 is 5.32 Å². The standard InChI is InChI=1S/C29H22N4O2/c1-20-10-14-23(15-11-20)31-28(34)22-12-16-25(17-13-22)33-27(21-7-3-2-4-8-21)32-26(29(33)35)19-24-9-5-6-18-30-24/h2-19H,1H3,(H,31,34). The highest BCUT2D eigenvalue weighted by molar-refractivity contribution is 6.33. The number of carbonyl (C=O) groups excluding carboxylic acids is 2. The minimum absolute atomic E-state index is 0.221. The van der Waals surface area contributed by atoms with Crippen LogP contribution < -0.4 is 10.2 Å². The van der Waals surface area contributed by atoms with Gasteiger partial charge in [-0.05, 0) is 61.5 Å². The predicted molar refractivity (Wildman–Crippen MR) is 138 cm³/mol. The Morgan fingerprint density at radius 1 is 0.857 bits per heavy atom. The summed E-state index contributed by atoms with van der Waals surface area (Å²) in [7, 11) is 0. The van der Waals surface area contributed by atoms with Crippen LogP contribution in [0.2, 0.25) is 0 Å². The normalized spacial score (nSPS) is 14.2. The molecule has 0 radical (unpaired) electrons. The molecule has 1 aromatic heterocycles. The molecule has 1 aliphatic heterocycles. The molecule has 0 saturated carbocycles. The van der Waals surface area contributed by atoms with Gasteiger partial charge in [-0.3, -0.25) is 19.5 Å². The maximum atomic E-state index is 13.4. The van der Waals surface area contributed by atoms with Crippen molar-refractivity contribution in [3.05, 3.63) is 131 Å². The van der Waals surface area contributed by atoms with Crippen LogP contribution in [0, 0.1) is 6.92 Å². The maximum absolute atomic E-state index is 13.4. The average Bonchev–Trinajstić information content (AvgIpc) is 3.22. The Hall–Kier alpha value is -4.84. The first-order valence-electron chi connectivity index (χ1n) is 11.2. The number of benzene rings is 3. The Kier molecular flexibility index (Phi) is 6.01. The number of hydrogen-bond donors (Lipinski definition) is 1. The van der Waals surface area contributed by atoms with Gasteiger partial charge in [-0.15, -0.1) is 0 Å². The number of anilines is 2. The summed E-state index contributed by atoms with van der Waals surface area (Å²) >= 11 is 0. The third-order valence-electron chi connectivity index (χ3n) is 5.56. The number of nitrogens with zero attached hydrogens (tertiary/aromatic N) is 3. The zero-order chi connectivity index (χ0) is 24.2. The van der Waals surface area contributed by atoms with Crippen LogP contribution in [-0.2, 0) is 4.79 Å². The van der Waals surface area contributed by atoms with Gasteiger partial charge in [-0.2, -0.15) is 0 Å². The molecule has 5 rings (SSSR count). The fraction of sp³-hybridized carbons (Fsp3) is 0.0345. The molecule has 0 spiro atoms. The summed E-state index contributed by atoms with van der Waals surface area (Å²) < 4.78 is 0. The summed E-state index contributed by atoms with van der Waals surface area (Å²) in [6.45, 7) is 1.99. The summed E-state index contributed by atoms with van der Waals surface area (Å²) in [6, 6.07) is 29.6. The molecule has 1 N–H and O–H groups in total. The van der Waals surface area contributed by atoms with E-state index in [0.717, 1.165) is 16.8 Å². The van der Waals surface area contributed by atoms with Crippen molar-refractivity contribution in [2.45, 2.75) is 6.92 Å². The maximum Gasteiger partial charge on any atom is 0.282 e. The van der Waals surface area contributed by atoms with E-state index in [4.69, 9.17) is 0 Å². The highest BCUT2D eigenvalue weighted by atomic mass is 16.2. The lowest BCUT2D eigenvalue weighted by Gasteiger charge is -2.19. The van der Waals surface area contributed by atoms with E-state index >= 15 is 0 Å². The van der Waals surface area contributed by atoms with Gasteiger partial charge in [0.05, 0.1) is 11.4 Å². The largest absolute Gasteiger partial charge is 0.322 e. The summed E-state index contributed by atoms with van der Waals surface area (Å²) in [5.74, 6) is 0.0434. The van der Waals surface area contributed by atoms with Gasteiger partial charge in [0, 0.05) is 23.0 Å². The average molecular weight is 459 g/mol. The number of nitrogens with one attached hydrogen (secondary N) is 1. The smallest absolute Gasteiger partial charge is 0.282 e. The van der Waals surface area contributed by atoms with Gasteiger partial charge in [-0.1, -0.05) is 54.1 Å². The van der Waals surface area contributed by atoms with Crippen molar-refractivity contribution in [2.75, 3.05) is 10.2 Å². The van der Waals surface area contributed by atoms with E-state index in [1.807, 2.05) is 79.7 Å². The number of rotatable bonds is 5. The van der Waals surface area contributed by atoms with E-state index in [-0.39, 0.29) is 11.8 Å². The van der Waals surface area contributed by atoms with Crippen LogP contribution in [0.3, 0.4) is 0 Å². The van der Waals surface area contributed by atoms with Gasteiger partial charge >= 0.3 is 0 Å². The highest BCUT2D eigenvalue weighted by Crippen LogP contribution is 2.28. The van der Waals surface area contributed by atoms with E-state index < -0.39 is 0 Å². The molecule has 1 aliphatic rings. The van der Waals surface area contributed by atoms with Crippen molar-refractivity contribution < 1.29 is 9.59 Å². The molecule has 3 aromatic carbocycles. The molecule has 6 heteroatoms. The van der Waals surface area contributed by atoms with Crippen LogP contribution >= 0.6 is 0 Å². The minimum Gasteiger partial charge on any atom is -0.322 e. The second-order valence-electron chi connectivity index (χ2n) is 8.09. The van der Waals surface area contributed by atoms with Crippen molar-refractivity contribution in [1.82, 2.24) is 4.98 Å². The first-order chi connectivity index (χ1) is 17.1. The van der Waals surface area contributed by atoms with Crippen molar-refractivity contribution in [1.29, 1.82) is 0 Å². The molecule has 2 amide bonds. The molecule has 0 fully saturated rings. The monoisotopic (exact) mass is 458 g/mol. The predicted octanol–water partition coefficient (Wildman–Crippen LogP) is 5.48. The fourth-order valence-corrected chi connectivity index (χ4v) is 3.74. The molecule has 0 saturated heterocycles. The second kappa shape index (κ2) is 9.57. The SMILES string of the molecule is Cc1ccc(NC(=O)c2ccc(N3C(=O)C(=Cc4ccccn4)N=C3c3ccccc3)cc2)cc1. The summed E-state index contributed by atoms with van der Waals surface area (Å²) in [5, 5.41) is 2.89. The van der Waals surface area contributed by atoms with E-state index in [1.54, 1.807) is 41.4 Å². The Labute approximate surface area is 203 Å². The van der Waals surface area contributed by atoms with Crippen molar-refractivity contribution in [3.63, 3.8) is 0 Å². The lowest BCUT2D eigenvalue weighted by Crippen LogP contribution is -2.32. The van der Waals surface area contributed by atoms with Gasteiger partial charge in [0.15, 0.2) is 0 Å². The number of aryl methyl sites for hydroxylation is 1. The molecule has 0 unspecified atom stereocenters. The zero-order valence-electron chi connectivity index (χ0n) is 19.1. The summed E-state index contributed by atoms with van der Waals surface area (Å²) in [5.41, 5.74) is 4.71. The molecular formula is C29H22N4O2. The summed E-state index contributed by atoms with van der Waals surface area (Å²) in [6.07, 6.45) is 3.35. The highest BCUT2D eigenvalue weighted by Gasteiger charge is 2.32. The minimum atomic E-state index is -0.258. The molecule has 2 heterocycles. The first kappa shape index (κ1) is 22.0. The van der Waals surface area contributed by atoms with Crippen LogP contribution in [0.1, 0.15) is 27.2 Å². The molecule has 4 aromatic rings. The van der Waals surface area contributed by atoms with Crippen LogP contribution in [0.25, 0.3) is 6.08 Å². The third kappa shape index (κ3) is 4.77. The molecule has 0 aliphatic carbocycles. The third-order valence-corrected chi connectivity index (χ3v) is 5.56. The Morgan fingerprint density at radius 2 is 1.57 bits per heavy atom. The molecule has 170 valence electrons. The van der Waals surface area contributed by atoms with Gasteiger partial charge in [0.1, 0.15) is 11.5 Å². The molecule has 0 bridgehead atoms. The number of amides is 2. The number of aliphatic imine (C=N–C) groups is 1. The molecule has 35 heavy (non-hydrogen) atoms. The quantitative estimate of drug-likeness (QED) is 0.403. The number of pyridine rings is 1. The number of amidine groups is 1. The number of hydrogen-bond acceptors (Lipinski definition) is 4.